The standard InChI is InChI=1S/C17H21NO3/c1-13-5-6-15-14(11-13)12-16(21-15)17(19)20-10-9-18-7-3-2-4-8-18/h5-6,11-12H,2-4,7-10H2,1H3/p+1. The molecule has 0 saturated carbocycles. The fraction of sp³-hybridized carbons (Fsp3) is 0.471. The SMILES string of the molecule is Cc1ccc2oc(C(=O)OCC[NH+]3CCCCC3)cc2c1. The summed E-state index contributed by atoms with van der Waals surface area (Å²) in [6.45, 7) is 5.77. The number of carbonyl (C=O) groups is 1. The number of hydrogen-bond donors (Lipinski definition) is 1. The maximum Gasteiger partial charge on any atom is 0.374 e. The molecule has 1 aromatic carbocycles. The fourth-order valence-electron chi connectivity index (χ4n) is 2.92. The third kappa shape index (κ3) is 3.45. The maximum atomic E-state index is 12.0. The number of hydrogen-bond acceptors (Lipinski definition) is 3. The average molecular weight is 288 g/mol. The Hall–Kier alpha value is -1.81. The molecule has 1 aromatic heterocycles. The van der Waals surface area contributed by atoms with Gasteiger partial charge in [0.25, 0.3) is 0 Å². The van der Waals surface area contributed by atoms with Crippen LogP contribution in [0.3, 0.4) is 0 Å². The van der Waals surface area contributed by atoms with Crippen molar-refractivity contribution in [3.8, 4) is 0 Å². The lowest BCUT2D eigenvalue weighted by molar-refractivity contribution is -0.905. The van der Waals surface area contributed by atoms with Gasteiger partial charge in [0.1, 0.15) is 18.7 Å². The van der Waals surface area contributed by atoms with Crippen LogP contribution in [0, 0.1) is 6.92 Å². The Labute approximate surface area is 124 Å². The van der Waals surface area contributed by atoms with Crippen molar-refractivity contribution in [2.75, 3.05) is 26.2 Å². The van der Waals surface area contributed by atoms with E-state index in [1.165, 1.54) is 37.3 Å². The van der Waals surface area contributed by atoms with Crippen LogP contribution in [0.2, 0.25) is 0 Å². The Balaban J connectivity index is 1.56. The molecule has 0 amide bonds. The molecule has 3 rings (SSSR count). The van der Waals surface area contributed by atoms with Crippen LogP contribution in [-0.2, 0) is 4.74 Å². The molecule has 1 N–H and O–H groups in total. The Kier molecular flexibility index (Phi) is 4.25. The van der Waals surface area contributed by atoms with Gasteiger partial charge in [-0.3, -0.25) is 0 Å². The summed E-state index contributed by atoms with van der Waals surface area (Å²) >= 11 is 0. The summed E-state index contributed by atoms with van der Waals surface area (Å²) in [5, 5.41) is 0.948. The number of furan rings is 1. The monoisotopic (exact) mass is 288 g/mol. The molecule has 1 aliphatic heterocycles. The third-order valence-electron chi connectivity index (χ3n) is 4.12. The number of ether oxygens (including phenoxy) is 1. The van der Waals surface area contributed by atoms with E-state index in [-0.39, 0.29) is 5.97 Å². The molecule has 0 spiro atoms. The zero-order chi connectivity index (χ0) is 14.7. The molecule has 0 bridgehead atoms. The highest BCUT2D eigenvalue weighted by Gasteiger charge is 2.17. The molecule has 1 aliphatic rings. The van der Waals surface area contributed by atoms with Gasteiger partial charge in [0, 0.05) is 5.39 Å². The lowest BCUT2D eigenvalue weighted by atomic mass is 10.1. The van der Waals surface area contributed by atoms with Crippen LogP contribution in [0.25, 0.3) is 11.0 Å². The lowest BCUT2D eigenvalue weighted by Crippen LogP contribution is -3.13. The molecule has 0 atom stereocenters. The molecule has 2 aromatic rings. The molecule has 4 heteroatoms. The minimum absolute atomic E-state index is 0.296. The predicted octanol–water partition coefficient (Wildman–Crippen LogP) is 1.97. The summed E-state index contributed by atoms with van der Waals surface area (Å²) in [6.07, 6.45) is 3.90. The van der Waals surface area contributed by atoms with E-state index in [0.717, 1.165) is 23.1 Å². The first-order valence-corrected chi connectivity index (χ1v) is 7.73. The molecule has 4 nitrogen and oxygen atoms in total. The van der Waals surface area contributed by atoms with Crippen LogP contribution >= 0.6 is 0 Å². The largest absolute Gasteiger partial charge is 0.454 e. The molecule has 0 aliphatic carbocycles. The van der Waals surface area contributed by atoms with Crippen LogP contribution < -0.4 is 4.90 Å². The molecule has 0 unspecified atom stereocenters. The average Bonchev–Trinajstić information content (AvgIpc) is 2.91. The second-order valence-corrected chi connectivity index (χ2v) is 5.85. The van der Waals surface area contributed by atoms with Gasteiger partial charge in [-0.2, -0.15) is 0 Å². The van der Waals surface area contributed by atoms with Crippen molar-refractivity contribution in [3.05, 3.63) is 35.6 Å². The van der Waals surface area contributed by atoms with Crippen LogP contribution in [0.5, 0.6) is 0 Å². The van der Waals surface area contributed by atoms with Gasteiger partial charge >= 0.3 is 5.97 Å². The van der Waals surface area contributed by atoms with Gasteiger partial charge in [0.2, 0.25) is 5.76 Å². The van der Waals surface area contributed by atoms with Crippen LogP contribution in [0.4, 0.5) is 0 Å². The van der Waals surface area contributed by atoms with E-state index in [4.69, 9.17) is 9.15 Å². The van der Waals surface area contributed by atoms with Gasteiger partial charge in [-0.15, -0.1) is 0 Å². The Morgan fingerprint density at radius 1 is 1.24 bits per heavy atom. The molecular weight excluding hydrogens is 266 g/mol. The van der Waals surface area contributed by atoms with E-state index in [1.54, 1.807) is 6.07 Å². The van der Waals surface area contributed by atoms with E-state index in [0.29, 0.717) is 12.4 Å². The number of esters is 1. The van der Waals surface area contributed by atoms with Crippen LogP contribution in [-0.4, -0.2) is 32.2 Å². The molecule has 1 fully saturated rings. The van der Waals surface area contributed by atoms with Gasteiger partial charge in [-0.1, -0.05) is 11.6 Å². The summed E-state index contributed by atoms with van der Waals surface area (Å²) in [4.78, 5) is 13.6. The maximum absolute atomic E-state index is 12.0. The number of piperidine rings is 1. The Morgan fingerprint density at radius 2 is 2.05 bits per heavy atom. The number of fused-ring (bicyclic) bond motifs is 1. The highest BCUT2D eigenvalue weighted by atomic mass is 16.5. The van der Waals surface area contributed by atoms with Gasteiger partial charge < -0.3 is 14.1 Å². The highest BCUT2D eigenvalue weighted by molar-refractivity contribution is 5.92. The normalized spacial score (nSPS) is 16.2. The molecular formula is C17H22NO3+. The second kappa shape index (κ2) is 6.31. The summed E-state index contributed by atoms with van der Waals surface area (Å²) in [6, 6.07) is 7.63. The lowest BCUT2D eigenvalue weighted by Gasteiger charge is -2.22. The van der Waals surface area contributed by atoms with Crippen molar-refractivity contribution >= 4 is 16.9 Å². The first-order valence-electron chi connectivity index (χ1n) is 7.73. The van der Waals surface area contributed by atoms with Crippen molar-refractivity contribution in [1.82, 2.24) is 0 Å². The molecule has 1 saturated heterocycles. The number of likely N-dealkylation sites (tertiary alicyclic amines) is 1. The first-order chi connectivity index (χ1) is 10.2. The number of quaternary nitrogens is 1. The van der Waals surface area contributed by atoms with Crippen molar-refractivity contribution in [1.29, 1.82) is 0 Å². The molecule has 21 heavy (non-hydrogen) atoms. The second-order valence-electron chi connectivity index (χ2n) is 5.85. The van der Waals surface area contributed by atoms with Crippen LogP contribution in [0.15, 0.2) is 28.7 Å². The smallest absolute Gasteiger partial charge is 0.374 e. The number of benzene rings is 1. The van der Waals surface area contributed by atoms with Crippen molar-refractivity contribution < 1.29 is 18.8 Å². The summed E-state index contributed by atoms with van der Waals surface area (Å²) in [7, 11) is 0. The zero-order valence-corrected chi connectivity index (χ0v) is 12.5. The van der Waals surface area contributed by atoms with E-state index in [1.807, 2.05) is 25.1 Å². The zero-order valence-electron chi connectivity index (χ0n) is 12.5. The minimum Gasteiger partial charge on any atom is -0.454 e. The highest BCUT2D eigenvalue weighted by Crippen LogP contribution is 2.21. The Morgan fingerprint density at radius 3 is 2.86 bits per heavy atom. The number of nitrogens with one attached hydrogen (secondary N) is 1. The number of carbonyl (C=O) groups excluding carboxylic acids is 1. The Bertz CT molecular complexity index is 626. The molecule has 2 heterocycles. The van der Waals surface area contributed by atoms with E-state index in [2.05, 4.69) is 0 Å². The van der Waals surface area contributed by atoms with Crippen LogP contribution in [0.1, 0.15) is 35.4 Å². The predicted molar refractivity (Wildman–Crippen MR) is 80.6 cm³/mol. The van der Waals surface area contributed by atoms with Gasteiger partial charge in [0.05, 0.1) is 13.1 Å². The van der Waals surface area contributed by atoms with E-state index >= 15 is 0 Å². The topological polar surface area (TPSA) is 43.9 Å². The quantitative estimate of drug-likeness (QED) is 0.875. The van der Waals surface area contributed by atoms with E-state index in [9.17, 15) is 4.79 Å². The molecule has 112 valence electrons. The van der Waals surface area contributed by atoms with Crippen molar-refractivity contribution in [2.45, 2.75) is 26.2 Å². The third-order valence-corrected chi connectivity index (χ3v) is 4.12. The summed E-state index contributed by atoms with van der Waals surface area (Å²) < 4.78 is 10.9. The van der Waals surface area contributed by atoms with Crippen molar-refractivity contribution in [2.24, 2.45) is 0 Å². The number of aryl methyl sites for hydroxylation is 1. The summed E-state index contributed by atoms with van der Waals surface area (Å²) in [5.41, 5.74) is 1.88. The van der Waals surface area contributed by atoms with Crippen molar-refractivity contribution in [3.63, 3.8) is 0 Å². The minimum atomic E-state index is -0.361. The van der Waals surface area contributed by atoms with E-state index < -0.39 is 0 Å². The number of rotatable bonds is 4. The fourth-order valence-corrected chi connectivity index (χ4v) is 2.92. The van der Waals surface area contributed by atoms with Gasteiger partial charge in [-0.25, -0.2) is 4.79 Å². The van der Waals surface area contributed by atoms with Gasteiger partial charge in [-0.05, 0) is 44.4 Å². The molecule has 0 radical (unpaired) electrons. The summed E-state index contributed by atoms with van der Waals surface area (Å²) in [5.74, 6) is -0.0653. The van der Waals surface area contributed by atoms with Gasteiger partial charge in [0.15, 0.2) is 0 Å². The first kappa shape index (κ1) is 14.1.